The lowest BCUT2D eigenvalue weighted by Gasteiger charge is -2.05. The molecule has 0 aliphatic heterocycles. The number of thioether (sulfide) groups is 1. The van der Waals surface area contributed by atoms with Gasteiger partial charge in [0.25, 0.3) is 0 Å². The molecule has 1 aromatic carbocycles. The van der Waals surface area contributed by atoms with E-state index in [0.29, 0.717) is 0 Å². The summed E-state index contributed by atoms with van der Waals surface area (Å²) in [6.45, 7) is 0. The molecule has 0 nitrogen and oxygen atoms in total. The fourth-order valence-corrected chi connectivity index (χ4v) is 4.56. The number of benzene rings is 1. The van der Waals surface area contributed by atoms with Crippen molar-refractivity contribution in [3.8, 4) is 0 Å². The smallest absolute Gasteiger partial charge is 0.0409 e. The Labute approximate surface area is 99.3 Å². The van der Waals surface area contributed by atoms with Crippen LogP contribution in [0, 0.1) is 0 Å². The summed E-state index contributed by atoms with van der Waals surface area (Å²) in [6.07, 6.45) is 2.07. The Bertz CT molecular complexity index is 447. The molecule has 1 heterocycles. The maximum absolute atomic E-state index is 4.45. The van der Waals surface area contributed by atoms with Crippen molar-refractivity contribution in [2.24, 2.45) is 0 Å². The monoisotopic (exact) mass is 290 g/mol. The van der Waals surface area contributed by atoms with Crippen molar-refractivity contribution in [3.63, 3.8) is 0 Å². The highest BCUT2D eigenvalue weighted by atomic mass is 79.9. The van der Waals surface area contributed by atoms with E-state index >= 15 is 0 Å². The third kappa shape index (κ3) is 1.65. The first-order valence-electron chi connectivity index (χ1n) is 3.66. The van der Waals surface area contributed by atoms with Crippen LogP contribution >= 0.6 is 51.7 Å². The summed E-state index contributed by atoms with van der Waals surface area (Å²) >= 11 is 11.5. The van der Waals surface area contributed by atoms with Crippen LogP contribution in [0.4, 0.5) is 0 Å². The molecule has 2 rings (SSSR count). The topological polar surface area (TPSA) is 0 Å². The van der Waals surface area contributed by atoms with E-state index in [4.69, 9.17) is 0 Å². The Morgan fingerprint density at radius 1 is 1.54 bits per heavy atom. The van der Waals surface area contributed by atoms with Crippen LogP contribution in [0.5, 0.6) is 0 Å². The third-order valence-corrected chi connectivity index (χ3v) is 5.12. The highest BCUT2D eigenvalue weighted by Gasteiger charge is 2.08. The summed E-state index contributed by atoms with van der Waals surface area (Å²) in [7, 11) is 0. The van der Waals surface area contributed by atoms with Crippen molar-refractivity contribution in [3.05, 3.63) is 22.0 Å². The van der Waals surface area contributed by atoms with Crippen LogP contribution < -0.4 is 0 Å². The molecule has 1 aromatic heterocycles. The number of rotatable bonds is 1. The molecule has 13 heavy (non-hydrogen) atoms. The van der Waals surface area contributed by atoms with E-state index in [9.17, 15) is 0 Å². The Morgan fingerprint density at radius 2 is 2.31 bits per heavy atom. The lowest BCUT2D eigenvalue weighted by atomic mass is 10.3. The van der Waals surface area contributed by atoms with E-state index in [2.05, 4.69) is 52.3 Å². The van der Waals surface area contributed by atoms with Crippen LogP contribution in [0.25, 0.3) is 10.1 Å². The predicted octanol–water partition coefficient (Wildman–Crippen LogP) is 4.67. The van der Waals surface area contributed by atoms with Crippen molar-refractivity contribution >= 4 is 61.7 Å². The quantitative estimate of drug-likeness (QED) is 0.588. The highest BCUT2D eigenvalue weighted by Crippen LogP contribution is 2.39. The van der Waals surface area contributed by atoms with Gasteiger partial charge in [0, 0.05) is 24.3 Å². The van der Waals surface area contributed by atoms with Gasteiger partial charge in [0.15, 0.2) is 0 Å². The van der Waals surface area contributed by atoms with E-state index in [1.165, 1.54) is 19.5 Å². The number of thiophene rings is 1. The molecular formula is C9H7BrS3. The van der Waals surface area contributed by atoms with Gasteiger partial charge in [-0.1, -0.05) is 0 Å². The van der Waals surface area contributed by atoms with Gasteiger partial charge in [0.05, 0.1) is 0 Å². The van der Waals surface area contributed by atoms with Crippen molar-refractivity contribution in [2.75, 3.05) is 6.26 Å². The van der Waals surface area contributed by atoms with Gasteiger partial charge in [-0.05, 0) is 39.7 Å². The Kier molecular flexibility index (Phi) is 2.93. The van der Waals surface area contributed by atoms with Crippen LogP contribution in [0.3, 0.4) is 0 Å². The first kappa shape index (κ1) is 9.90. The first-order chi connectivity index (χ1) is 6.24. The molecule has 0 saturated carbocycles. The van der Waals surface area contributed by atoms with Crippen molar-refractivity contribution in [1.29, 1.82) is 0 Å². The van der Waals surface area contributed by atoms with Crippen LogP contribution in [0.15, 0.2) is 31.8 Å². The van der Waals surface area contributed by atoms with Crippen LogP contribution in [0.1, 0.15) is 0 Å². The number of halogens is 1. The Balaban J connectivity index is 2.85. The highest BCUT2D eigenvalue weighted by molar-refractivity contribution is 9.10. The molecule has 2 aromatic rings. The second kappa shape index (κ2) is 3.85. The number of thiol groups is 1. The van der Waals surface area contributed by atoms with Gasteiger partial charge in [-0.3, -0.25) is 0 Å². The van der Waals surface area contributed by atoms with Gasteiger partial charge in [-0.15, -0.1) is 35.7 Å². The summed E-state index contributed by atoms with van der Waals surface area (Å²) in [5.74, 6) is 0. The largest absolute Gasteiger partial charge is 0.144 e. The standard InChI is InChI=1S/C9H7BrS3/c1-12-9-6(11)4-7-5(8(9)10)2-3-13-7/h2-4,11H,1H3. The molecule has 4 heteroatoms. The summed E-state index contributed by atoms with van der Waals surface area (Å²) < 4.78 is 2.46. The van der Waals surface area contributed by atoms with Gasteiger partial charge >= 0.3 is 0 Å². The summed E-state index contributed by atoms with van der Waals surface area (Å²) in [4.78, 5) is 2.27. The average molecular weight is 291 g/mol. The number of fused-ring (bicyclic) bond motifs is 1. The Hall–Kier alpha value is 0.360. The normalized spacial score (nSPS) is 11.0. The molecule has 0 atom stereocenters. The lowest BCUT2D eigenvalue weighted by Crippen LogP contribution is -1.77. The molecule has 0 bridgehead atoms. The van der Waals surface area contributed by atoms with Crippen LogP contribution in [-0.4, -0.2) is 6.26 Å². The van der Waals surface area contributed by atoms with E-state index in [0.717, 1.165) is 4.90 Å². The maximum Gasteiger partial charge on any atom is 0.0409 e. The predicted molar refractivity (Wildman–Crippen MR) is 68.6 cm³/mol. The molecular weight excluding hydrogens is 284 g/mol. The molecule has 0 N–H and O–H groups in total. The zero-order chi connectivity index (χ0) is 9.42. The maximum atomic E-state index is 4.45. The number of hydrogen-bond acceptors (Lipinski definition) is 3. The van der Waals surface area contributed by atoms with E-state index < -0.39 is 0 Å². The molecule has 0 saturated heterocycles. The molecule has 0 unspecified atom stereocenters. The van der Waals surface area contributed by atoms with E-state index in [1.807, 2.05) is 0 Å². The average Bonchev–Trinajstić information content (AvgIpc) is 2.53. The molecule has 68 valence electrons. The molecule has 0 spiro atoms. The van der Waals surface area contributed by atoms with Crippen LogP contribution in [-0.2, 0) is 0 Å². The summed E-state index contributed by atoms with van der Waals surface area (Å²) in [5, 5.41) is 3.39. The Morgan fingerprint density at radius 3 is 3.00 bits per heavy atom. The molecule has 0 aliphatic carbocycles. The van der Waals surface area contributed by atoms with Gasteiger partial charge < -0.3 is 0 Å². The van der Waals surface area contributed by atoms with E-state index in [1.54, 1.807) is 23.1 Å². The zero-order valence-electron chi connectivity index (χ0n) is 6.87. The first-order valence-corrected chi connectivity index (χ1v) is 7.01. The minimum Gasteiger partial charge on any atom is -0.144 e. The summed E-state index contributed by atoms with van der Waals surface area (Å²) in [6, 6.07) is 4.26. The minimum absolute atomic E-state index is 1.05. The fraction of sp³-hybridized carbons (Fsp3) is 0.111. The minimum atomic E-state index is 1.05. The van der Waals surface area contributed by atoms with Gasteiger partial charge in [-0.2, -0.15) is 0 Å². The summed E-state index contributed by atoms with van der Waals surface area (Å²) in [5.41, 5.74) is 0. The molecule has 0 radical (unpaired) electrons. The van der Waals surface area contributed by atoms with Gasteiger partial charge in [0.2, 0.25) is 0 Å². The fourth-order valence-electron chi connectivity index (χ4n) is 1.23. The van der Waals surface area contributed by atoms with Gasteiger partial charge in [0.1, 0.15) is 0 Å². The van der Waals surface area contributed by atoms with Gasteiger partial charge in [-0.25, -0.2) is 0 Å². The lowest BCUT2D eigenvalue weighted by molar-refractivity contribution is 1.27. The second-order valence-electron chi connectivity index (χ2n) is 2.58. The van der Waals surface area contributed by atoms with Crippen molar-refractivity contribution < 1.29 is 0 Å². The molecule has 0 aliphatic rings. The van der Waals surface area contributed by atoms with Crippen LogP contribution in [0.2, 0.25) is 0 Å². The van der Waals surface area contributed by atoms with Crippen molar-refractivity contribution in [2.45, 2.75) is 9.79 Å². The third-order valence-electron chi connectivity index (χ3n) is 1.84. The zero-order valence-corrected chi connectivity index (χ0v) is 11.0. The second-order valence-corrected chi connectivity index (χ2v) is 5.61. The number of hydrogen-bond donors (Lipinski definition) is 1. The molecule has 0 amide bonds. The van der Waals surface area contributed by atoms with E-state index in [-0.39, 0.29) is 0 Å². The van der Waals surface area contributed by atoms with Crippen molar-refractivity contribution in [1.82, 2.24) is 0 Å². The molecule has 0 fully saturated rings. The SMILES string of the molecule is CSc1c(S)cc2sccc2c1Br.